The van der Waals surface area contributed by atoms with Gasteiger partial charge in [0.1, 0.15) is 24.4 Å². The maximum absolute atomic E-state index is 9.77. The standard InChI is InChI=1S/C18H36O5/c1-2-3-4-5-6-7-8-9-10-11-12-22-16(13-19)18-17(21)15(20)14-23-18/h15-21H,2-14H2,1H3/t15-,16+,17+,18+/m0/s1. The Kier molecular flexibility index (Phi) is 11.9. The fraction of sp³-hybridized carbons (Fsp3) is 1.00. The molecule has 1 saturated heterocycles. The summed E-state index contributed by atoms with van der Waals surface area (Å²) in [5.41, 5.74) is 0. The van der Waals surface area contributed by atoms with E-state index in [1.807, 2.05) is 0 Å². The molecule has 5 nitrogen and oxygen atoms in total. The molecule has 0 aromatic rings. The Hall–Kier alpha value is -0.200. The Morgan fingerprint density at radius 3 is 2.00 bits per heavy atom. The van der Waals surface area contributed by atoms with Gasteiger partial charge in [-0.15, -0.1) is 0 Å². The van der Waals surface area contributed by atoms with Gasteiger partial charge in [-0.3, -0.25) is 0 Å². The van der Waals surface area contributed by atoms with Crippen LogP contribution in [0.1, 0.15) is 71.1 Å². The molecule has 0 bridgehead atoms. The average molecular weight is 332 g/mol. The van der Waals surface area contributed by atoms with Crippen LogP contribution in [-0.2, 0) is 9.47 Å². The summed E-state index contributed by atoms with van der Waals surface area (Å²) in [6.07, 6.45) is 9.63. The maximum atomic E-state index is 9.77. The molecule has 1 rings (SSSR count). The van der Waals surface area contributed by atoms with Crippen LogP contribution in [0.15, 0.2) is 0 Å². The molecule has 0 aromatic heterocycles. The fourth-order valence-electron chi connectivity index (χ4n) is 3.03. The van der Waals surface area contributed by atoms with Crippen molar-refractivity contribution in [3.05, 3.63) is 0 Å². The van der Waals surface area contributed by atoms with Gasteiger partial charge in [0.25, 0.3) is 0 Å². The summed E-state index contributed by atoms with van der Waals surface area (Å²) in [6.45, 7) is 2.70. The Labute approximate surface area is 141 Å². The Morgan fingerprint density at radius 2 is 1.52 bits per heavy atom. The van der Waals surface area contributed by atoms with Crippen LogP contribution in [0, 0.1) is 0 Å². The molecule has 0 aromatic carbocycles. The SMILES string of the molecule is CCCCCCCCCCCCO[C@H](CO)[C@H]1OC[C@H](O)[C@H]1O. The van der Waals surface area contributed by atoms with Crippen LogP contribution in [-0.4, -0.2) is 59.6 Å². The molecule has 1 aliphatic heterocycles. The molecule has 1 aliphatic rings. The molecule has 138 valence electrons. The quantitative estimate of drug-likeness (QED) is 0.426. The van der Waals surface area contributed by atoms with E-state index in [0.717, 1.165) is 12.8 Å². The van der Waals surface area contributed by atoms with Gasteiger partial charge in [-0.05, 0) is 6.42 Å². The molecular formula is C18H36O5. The van der Waals surface area contributed by atoms with E-state index in [4.69, 9.17) is 9.47 Å². The third-order valence-corrected chi connectivity index (χ3v) is 4.57. The van der Waals surface area contributed by atoms with Gasteiger partial charge >= 0.3 is 0 Å². The molecule has 0 amide bonds. The Morgan fingerprint density at radius 1 is 0.957 bits per heavy atom. The highest BCUT2D eigenvalue weighted by atomic mass is 16.6. The summed E-state index contributed by atoms with van der Waals surface area (Å²) in [6, 6.07) is 0. The number of ether oxygens (including phenoxy) is 2. The summed E-state index contributed by atoms with van der Waals surface area (Å²) in [7, 11) is 0. The Balaban J connectivity index is 1.95. The lowest BCUT2D eigenvalue weighted by atomic mass is 10.1. The minimum atomic E-state index is -0.972. The minimum Gasteiger partial charge on any atom is -0.394 e. The van der Waals surface area contributed by atoms with Crippen LogP contribution in [0.25, 0.3) is 0 Å². The van der Waals surface area contributed by atoms with Gasteiger partial charge in [-0.2, -0.15) is 0 Å². The van der Waals surface area contributed by atoms with Crippen LogP contribution in [0.3, 0.4) is 0 Å². The minimum absolute atomic E-state index is 0.101. The first-order valence-corrected chi connectivity index (χ1v) is 9.40. The van der Waals surface area contributed by atoms with Gasteiger partial charge in [0.15, 0.2) is 0 Å². The lowest BCUT2D eigenvalue weighted by Crippen LogP contribution is -2.42. The molecule has 1 fully saturated rings. The van der Waals surface area contributed by atoms with E-state index in [-0.39, 0.29) is 13.2 Å². The first-order valence-electron chi connectivity index (χ1n) is 9.40. The van der Waals surface area contributed by atoms with Crippen LogP contribution < -0.4 is 0 Å². The third-order valence-electron chi connectivity index (χ3n) is 4.57. The molecule has 23 heavy (non-hydrogen) atoms. The number of aliphatic hydroxyl groups excluding tert-OH is 3. The molecule has 5 heteroatoms. The van der Waals surface area contributed by atoms with Crippen molar-refractivity contribution >= 4 is 0 Å². The number of hydrogen-bond acceptors (Lipinski definition) is 5. The van der Waals surface area contributed by atoms with E-state index in [1.54, 1.807) is 0 Å². The molecular weight excluding hydrogens is 296 g/mol. The summed E-state index contributed by atoms with van der Waals surface area (Å²) in [5, 5.41) is 28.6. The number of rotatable bonds is 14. The second-order valence-electron chi connectivity index (χ2n) is 6.63. The summed E-state index contributed by atoms with van der Waals surface area (Å²) < 4.78 is 10.9. The summed E-state index contributed by atoms with van der Waals surface area (Å²) in [5.74, 6) is 0. The van der Waals surface area contributed by atoms with E-state index in [2.05, 4.69) is 6.92 Å². The predicted molar refractivity (Wildman–Crippen MR) is 90.4 cm³/mol. The highest BCUT2D eigenvalue weighted by molar-refractivity contribution is 4.88. The van der Waals surface area contributed by atoms with Crippen molar-refractivity contribution in [3.63, 3.8) is 0 Å². The Bertz CT molecular complexity index is 274. The van der Waals surface area contributed by atoms with Crippen molar-refractivity contribution in [2.45, 2.75) is 95.5 Å². The predicted octanol–water partition coefficient (Wildman–Crippen LogP) is 2.41. The number of aliphatic hydroxyl groups is 3. The van der Waals surface area contributed by atoms with Crippen LogP contribution in [0.4, 0.5) is 0 Å². The molecule has 0 aliphatic carbocycles. The van der Waals surface area contributed by atoms with Crippen molar-refractivity contribution in [3.8, 4) is 0 Å². The average Bonchev–Trinajstić information content (AvgIpc) is 2.88. The van der Waals surface area contributed by atoms with Crippen molar-refractivity contribution in [1.82, 2.24) is 0 Å². The van der Waals surface area contributed by atoms with Crippen LogP contribution in [0.2, 0.25) is 0 Å². The molecule has 0 spiro atoms. The first kappa shape index (κ1) is 20.8. The smallest absolute Gasteiger partial charge is 0.114 e. The zero-order chi connectivity index (χ0) is 16.9. The van der Waals surface area contributed by atoms with E-state index in [1.165, 1.54) is 51.4 Å². The lowest BCUT2D eigenvalue weighted by Gasteiger charge is -2.24. The van der Waals surface area contributed by atoms with Crippen molar-refractivity contribution in [2.75, 3.05) is 19.8 Å². The number of unbranched alkanes of at least 4 members (excludes halogenated alkanes) is 9. The molecule has 4 atom stereocenters. The van der Waals surface area contributed by atoms with Crippen molar-refractivity contribution in [1.29, 1.82) is 0 Å². The lowest BCUT2D eigenvalue weighted by molar-refractivity contribution is -0.101. The second-order valence-corrected chi connectivity index (χ2v) is 6.63. The normalized spacial score (nSPS) is 25.8. The van der Waals surface area contributed by atoms with E-state index >= 15 is 0 Å². The maximum Gasteiger partial charge on any atom is 0.114 e. The van der Waals surface area contributed by atoms with E-state index in [9.17, 15) is 15.3 Å². The number of hydrogen-bond donors (Lipinski definition) is 3. The van der Waals surface area contributed by atoms with Crippen LogP contribution >= 0.6 is 0 Å². The van der Waals surface area contributed by atoms with Crippen molar-refractivity contribution < 1.29 is 24.8 Å². The van der Waals surface area contributed by atoms with Crippen LogP contribution in [0.5, 0.6) is 0 Å². The van der Waals surface area contributed by atoms with Gasteiger partial charge in [-0.25, -0.2) is 0 Å². The van der Waals surface area contributed by atoms with Gasteiger partial charge in [0.05, 0.1) is 13.2 Å². The first-order chi connectivity index (χ1) is 11.2. The largest absolute Gasteiger partial charge is 0.394 e. The summed E-state index contributed by atoms with van der Waals surface area (Å²) in [4.78, 5) is 0. The molecule has 0 radical (unpaired) electrons. The summed E-state index contributed by atoms with van der Waals surface area (Å²) >= 11 is 0. The second kappa shape index (κ2) is 13.1. The monoisotopic (exact) mass is 332 g/mol. The fourth-order valence-corrected chi connectivity index (χ4v) is 3.03. The zero-order valence-electron chi connectivity index (χ0n) is 14.7. The highest BCUT2D eigenvalue weighted by Crippen LogP contribution is 2.20. The van der Waals surface area contributed by atoms with Gasteiger partial charge in [0.2, 0.25) is 0 Å². The van der Waals surface area contributed by atoms with Gasteiger partial charge < -0.3 is 24.8 Å². The molecule has 1 heterocycles. The zero-order valence-corrected chi connectivity index (χ0v) is 14.7. The van der Waals surface area contributed by atoms with Gasteiger partial charge in [-0.1, -0.05) is 64.7 Å². The highest BCUT2D eigenvalue weighted by Gasteiger charge is 2.40. The topological polar surface area (TPSA) is 79.2 Å². The molecule has 3 N–H and O–H groups in total. The molecule has 0 unspecified atom stereocenters. The van der Waals surface area contributed by atoms with E-state index < -0.39 is 24.4 Å². The third kappa shape index (κ3) is 8.45. The van der Waals surface area contributed by atoms with Crippen molar-refractivity contribution in [2.24, 2.45) is 0 Å². The van der Waals surface area contributed by atoms with Gasteiger partial charge in [0, 0.05) is 6.61 Å². The molecule has 0 saturated carbocycles. The van der Waals surface area contributed by atoms with E-state index in [0.29, 0.717) is 6.61 Å².